The van der Waals surface area contributed by atoms with Crippen molar-refractivity contribution in [2.45, 2.75) is 23.8 Å². The summed E-state index contributed by atoms with van der Waals surface area (Å²) in [5, 5.41) is 3.37. The highest BCUT2D eigenvalue weighted by Gasteiger charge is 2.23. The molecule has 1 aliphatic heterocycles. The number of sulfone groups is 1. The van der Waals surface area contributed by atoms with Crippen LogP contribution in [0.1, 0.15) is 24.4 Å². The summed E-state index contributed by atoms with van der Waals surface area (Å²) in [6.07, 6.45) is 0.567. The minimum Gasteiger partial charge on any atom is -0.493 e. The van der Waals surface area contributed by atoms with Crippen molar-refractivity contribution in [2.75, 3.05) is 12.4 Å². The summed E-state index contributed by atoms with van der Waals surface area (Å²) in [6, 6.07) is 13.3. The third-order valence-corrected chi connectivity index (χ3v) is 6.05. The summed E-state index contributed by atoms with van der Waals surface area (Å²) in [7, 11) is -3.52. The van der Waals surface area contributed by atoms with Crippen molar-refractivity contribution in [3.05, 3.63) is 59.1 Å². The van der Waals surface area contributed by atoms with E-state index in [1.807, 2.05) is 24.3 Å². The van der Waals surface area contributed by atoms with Gasteiger partial charge in [-0.25, -0.2) is 8.42 Å². The van der Waals surface area contributed by atoms with Gasteiger partial charge in [-0.3, -0.25) is 4.79 Å². The number of hydrogen-bond acceptors (Lipinski definition) is 4. The molecule has 2 aromatic rings. The first-order valence-electron chi connectivity index (χ1n) is 7.95. The van der Waals surface area contributed by atoms with Gasteiger partial charge in [0.15, 0.2) is 9.84 Å². The van der Waals surface area contributed by atoms with E-state index in [0.717, 1.165) is 11.3 Å². The second-order valence-electron chi connectivity index (χ2n) is 5.82. The van der Waals surface area contributed by atoms with Crippen molar-refractivity contribution in [3.63, 3.8) is 0 Å². The molecule has 5 nitrogen and oxygen atoms in total. The van der Waals surface area contributed by atoms with E-state index >= 15 is 0 Å². The zero-order valence-corrected chi connectivity index (χ0v) is 15.0. The molecule has 0 saturated carbocycles. The second-order valence-corrected chi connectivity index (χ2v) is 8.36. The number of nitrogens with one attached hydrogen (secondary N) is 1. The number of hydrogen-bond donors (Lipinski definition) is 1. The van der Waals surface area contributed by atoms with E-state index in [4.69, 9.17) is 16.3 Å². The molecule has 1 heterocycles. The van der Waals surface area contributed by atoms with Crippen molar-refractivity contribution in [3.8, 4) is 5.75 Å². The van der Waals surface area contributed by atoms with Gasteiger partial charge in [-0.2, -0.15) is 0 Å². The summed E-state index contributed by atoms with van der Waals surface area (Å²) in [5.41, 5.74) is 0.919. The Balaban J connectivity index is 1.61. The van der Waals surface area contributed by atoms with Crippen molar-refractivity contribution in [1.29, 1.82) is 0 Å². The highest BCUT2D eigenvalue weighted by atomic mass is 35.5. The summed E-state index contributed by atoms with van der Waals surface area (Å²) in [5.74, 6) is 0.220. The second kappa shape index (κ2) is 7.45. The zero-order chi connectivity index (χ0) is 17.9. The molecule has 0 aliphatic carbocycles. The normalized spacial score (nSPS) is 16.6. The summed E-state index contributed by atoms with van der Waals surface area (Å²) >= 11 is 5.77. The lowest BCUT2D eigenvalue weighted by molar-refractivity contribution is -0.121. The van der Waals surface area contributed by atoms with Gasteiger partial charge in [0.1, 0.15) is 5.75 Å². The first-order chi connectivity index (χ1) is 12.0. The van der Waals surface area contributed by atoms with E-state index in [0.29, 0.717) is 18.1 Å². The predicted molar refractivity (Wildman–Crippen MR) is 95.6 cm³/mol. The van der Waals surface area contributed by atoms with E-state index in [9.17, 15) is 13.2 Å². The molecular formula is C18H18ClNO4S. The minimum absolute atomic E-state index is 0.0928. The molecule has 0 spiro atoms. The minimum atomic E-state index is -3.52. The van der Waals surface area contributed by atoms with Crippen LogP contribution in [0.2, 0.25) is 5.02 Å². The molecule has 1 N–H and O–H groups in total. The number of carbonyl (C=O) groups is 1. The molecule has 7 heteroatoms. The van der Waals surface area contributed by atoms with Crippen molar-refractivity contribution < 1.29 is 17.9 Å². The maximum absolute atomic E-state index is 12.3. The van der Waals surface area contributed by atoms with Gasteiger partial charge in [0.05, 0.1) is 23.3 Å². The molecule has 1 atom stereocenters. The van der Waals surface area contributed by atoms with Crippen LogP contribution in [0.3, 0.4) is 0 Å². The molecule has 1 aliphatic rings. The summed E-state index contributed by atoms with van der Waals surface area (Å²) in [4.78, 5) is 12.4. The van der Waals surface area contributed by atoms with Crippen LogP contribution in [0.5, 0.6) is 5.75 Å². The molecule has 1 amide bonds. The molecule has 0 fully saturated rings. The number of fused-ring (bicyclic) bond motifs is 1. The number of amides is 1. The Bertz CT molecular complexity index is 865. The van der Waals surface area contributed by atoms with Gasteiger partial charge >= 0.3 is 0 Å². The van der Waals surface area contributed by atoms with E-state index in [2.05, 4.69) is 5.32 Å². The quantitative estimate of drug-likeness (QED) is 0.866. The van der Waals surface area contributed by atoms with Gasteiger partial charge in [-0.05, 0) is 30.3 Å². The van der Waals surface area contributed by atoms with Gasteiger partial charge in [0, 0.05) is 23.4 Å². The van der Waals surface area contributed by atoms with Crippen LogP contribution in [0.15, 0.2) is 53.4 Å². The molecule has 0 radical (unpaired) electrons. The largest absolute Gasteiger partial charge is 0.493 e. The first-order valence-corrected chi connectivity index (χ1v) is 9.98. The van der Waals surface area contributed by atoms with Crippen LogP contribution in [0, 0.1) is 0 Å². The number of halogens is 1. The maximum Gasteiger partial charge on any atom is 0.221 e. The lowest BCUT2D eigenvalue weighted by atomic mass is 10.0. The Labute approximate surface area is 151 Å². The smallest absolute Gasteiger partial charge is 0.221 e. The molecule has 0 unspecified atom stereocenters. The first kappa shape index (κ1) is 17.8. The molecule has 0 aromatic heterocycles. The number of para-hydroxylation sites is 1. The number of rotatable bonds is 5. The van der Waals surface area contributed by atoms with E-state index in [1.165, 1.54) is 24.3 Å². The van der Waals surface area contributed by atoms with Gasteiger partial charge in [0.2, 0.25) is 5.91 Å². The van der Waals surface area contributed by atoms with Crippen LogP contribution in [0.4, 0.5) is 0 Å². The van der Waals surface area contributed by atoms with Crippen LogP contribution < -0.4 is 10.1 Å². The lowest BCUT2D eigenvalue weighted by Gasteiger charge is -2.26. The predicted octanol–water partition coefficient (Wildman–Crippen LogP) is 3.14. The topological polar surface area (TPSA) is 72.5 Å². The molecular weight excluding hydrogens is 362 g/mol. The average Bonchev–Trinajstić information content (AvgIpc) is 2.61. The highest BCUT2D eigenvalue weighted by Crippen LogP contribution is 2.31. The SMILES string of the molecule is O=C(CCS(=O)(=O)c1ccc(Cl)cc1)N[C@@H]1CCOc2ccccc21. The number of benzene rings is 2. The molecule has 25 heavy (non-hydrogen) atoms. The molecule has 0 saturated heterocycles. The fraction of sp³-hybridized carbons (Fsp3) is 0.278. The summed E-state index contributed by atoms with van der Waals surface area (Å²) < 4.78 is 30.1. The van der Waals surface area contributed by atoms with Gasteiger partial charge < -0.3 is 10.1 Å². The standard InChI is InChI=1S/C18H18ClNO4S/c19-13-5-7-14(8-6-13)25(22,23)12-10-18(21)20-16-9-11-24-17-4-2-1-3-15(16)17/h1-8,16H,9-12H2,(H,20,21)/t16-/m1/s1. The summed E-state index contributed by atoms with van der Waals surface area (Å²) in [6.45, 7) is 0.519. The molecule has 132 valence electrons. The Morgan fingerprint density at radius 3 is 2.64 bits per heavy atom. The monoisotopic (exact) mass is 379 g/mol. The van der Waals surface area contributed by atoms with Crippen LogP contribution in [-0.2, 0) is 14.6 Å². The highest BCUT2D eigenvalue weighted by molar-refractivity contribution is 7.91. The van der Waals surface area contributed by atoms with Crippen LogP contribution in [0.25, 0.3) is 0 Å². The van der Waals surface area contributed by atoms with E-state index < -0.39 is 9.84 Å². The van der Waals surface area contributed by atoms with Crippen molar-refractivity contribution >= 4 is 27.3 Å². The Kier molecular flexibility index (Phi) is 5.30. The molecule has 0 bridgehead atoms. The van der Waals surface area contributed by atoms with Gasteiger partial charge in [0.25, 0.3) is 0 Å². The Hall–Kier alpha value is -2.05. The van der Waals surface area contributed by atoms with Gasteiger partial charge in [-0.15, -0.1) is 0 Å². The zero-order valence-electron chi connectivity index (χ0n) is 13.4. The third kappa shape index (κ3) is 4.32. The van der Waals surface area contributed by atoms with Crippen molar-refractivity contribution in [2.24, 2.45) is 0 Å². The molecule has 3 rings (SSSR count). The van der Waals surface area contributed by atoms with E-state index in [-0.39, 0.29) is 29.0 Å². The maximum atomic E-state index is 12.3. The van der Waals surface area contributed by atoms with Gasteiger partial charge in [-0.1, -0.05) is 29.8 Å². The van der Waals surface area contributed by atoms with Crippen molar-refractivity contribution in [1.82, 2.24) is 5.32 Å². The third-order valence-electron chi connectivity index (χ3n) is 4.06. The molecule has 2 aromatic carbocycles. The fourth-order valence-electron chi connectivity index (χ4n) is 2.75. The van der Waals surface area contributed by atoms with Crippen LogP contribution >= 0.6 is 11.6 Å². The average molecular weight is 380 g/mol. The fourth-order valence-corrected chi connectivity index (χ4v) is 4.11. The Morgan fingerprint density at radius 1 is 1.16 bits per heavy atom. The van der Waals surface area contributed by atoms with Crippen LogP contribution in [-0.4, -0.2) is 26.7 Å². The lowest BCUT2D eigenvalue weighted by Crippen LogP contribution is -2.33. The number of carbonyl (C=O) groups excluding carboxylic acids is 1. The Morgan fingerprint density at radius 2 is 1.88 bits per heavy atom. The van der Waals surface area contributed by atoms with E-state index in [1.54, 1.807) is 0 Å². The number of ether oxygens (including phenoxy) is 1.